The summed E-state index contributed by atoms with van der Waals surface area (Å²) in [4.78, 5) is 30.8. The number of carbonyl (C=O) groups excluding carboxylic acids is 2. The van der Waals surface area contributed by atoms with Crippen LogP contribution in [0, 0.1) is 19.8 Å². The number of nitrogens with zero attached hydrogens (tertiary/aromatic N) is 3. The van der Waals surface area contributed by atoms with Crippen LogP contribution in [-0.2, 0) is 4.79 Å². The molecule has 24 heavy (non-hydrogen) atoms. The quantitative estimate of drug-likeness (QED) is 0.933. The van der Waals surface area contributed by atoms with Gasteiger partial charge in [-0.15, -0.1) is 0 Å². The minimum absolute atomic E-state index is 0.112. The molecule has 0 bridgehead atoms. The number of aryl methyl sites for hydroxylation is 2. The minimum atomic E-state index is -0.256. The number of anilines is 1. The van der Waals surface area contributed by atoms with Crippen molar-refractivity contribution in [3.63, 3.8) is 0 Å². The molecule has 2 amide bonds. The number of hydrogen-bond donors (Lipinski definition) is 1. The number of likely N-dealkylation sites (tertiary alicyclic amines) is 1. The van der Waals surface area contributed by atoms with Crippen LogP contribution in [-0.4, -0.2) is 39.9 Å². The molecule has 0 aliphatic carbocycles. The number of aromatic nitrogens is 2. The summed E-state index contributed by atoms with van der Waals surface area (Å²) in [5.74, 6) is 0.165. The lowest BCUT2D eigenvalue weighted by atomic mass is 9.97. The van der Waals surface area contributed by atoms with Gasteiger partial charge in [0, 0.05) is 24.8 Å². The second-order valence-electron chi connectivity index (χ2n) is 6.08. The van der Waals surface area contributed by atoms with E-state index in [2.05, 4.69) is 15.5 Å². The van der Waals surface area contributed by atoms with Gasteiger partial charge < -0.3 is 14.7 Å². The second kappa shape index (κ2) is 6.82. The van der Waals surface area contributed by atoms with Gasteiger partial charge in [-0.2, -0.15) is 0 Å². The van der Waals surface area contributed by atoms with Gasteiger partial charge in [0.15, 0.2) is 0 Å². The number of piperidine rings is 1. The smallest absolute Gasteiger partial charge is 0.292 e. The van der Waals surface area contributed by atoms with Crippen LogP contribution in [0.2, 0.25) is 0 Å². The van der Waals surface area contributed by atoms with Crippen LogP contribution in [0.1, 0.15) is 34.8 Å². The molecule has 0 saturated carbocycles. The number of nitrogens with one attached hydrogen (secondary N) is 1. The Morgan fingerprint density at radius 3 is 2.83 bits per heavy atom. The van der Waals surface area contributed by atoms with Gasteiger partial charge in [-0.25, -0.2) is 4.98 Å². The van der Waals surface area contributed by atoms with Crippen molar-refractivity contribution in [3.05, 3.63) is 41.4 Å². The van der Waals surface area contributed by atoms with E-state index in [0.29, 0.717) is 24.6 Å². The van der Waals surface area contributed by atoms with Crippen molar-refractivity contribution in [1.82, 2.24) is 15.0 Å². The minimum Gasteiger partial charge on any atom is -0.351 e. The van der Waals surface area contributed by atoms with Gasteiger partial charge in [0.05, 0.1) is 11.6 Å². The van der Waals surface area contributed by atoms with Crippen LogP contribution >= 0.6 is 0 Å². The number of pyridine rings is 1. The zero-order valence-corrected chi connectivity index (χ0v) is 13.8. The van der Waals surface area contributed by atoms with Crippen LogP contribution in [0.4, 0.5) is 5.82 Å². The Bertz CT molecular complexity index is 756. The lowest BCUT2D eigenvalue weighted by Gasteiger charge is -2.31. The maximum atomic E-state index is 12.5. The van der Waals surface area contributed by atoms with Crippen LogP contribution in [0.5, 0.6) is 0 Å². The van der Waals surface area contributed by atoms with E-state index in [-0.39, 0.29) is 23.5 Å². The fourth-order valence-corrected chi connectivity index (χ4v) is 2.84. The molecule has 1 aliphatic rings. The Morgan fingerprint density at radius 2 is 2.12 bits per heavy atom. The van der Waals surface area contributed by atoms with Crippen molar-refractivity contribution in [3.8, 4) is 0 Å². The molecule has 0 spiro atoms. The second-order valence-corrected chi connectivity index (χ2v) is 6.08. The van der Waals surface area contributed by atoms with E-state index in [1.54, 1.807) is 24.0 Å². The molecule has 126 valence electrons. The van der Waals surface area contributed by atoms with Crippen LogP contribution in [0.25, 0.3) is 0 Å². The normalized spacial score (nSPS) is 17.6. The van der Waals surface area contributed by atoms with E-state index in [4.69, 9.17) is 4.52 Å². The summed E-state index contributed by atoms with van der Waals surface area (Å²) in [6.45, 7) is 4.62. The summed E-state index contributed by atoms with van der Waals surface area (Å²) in [5, 5.41) is 6.57. The Balaban J connectivity index is 1.64. The predicted octanol–water partition coefficient (Wildman–Crippen LogP) is 2.18. The van der Waals surface area contributed by atoms with E-state index < -0.39 is 0 Å². The lowest BCUT2D eigenvalue weighted by Crippen LogP contribution is -2.43. The van der Waals surface area contributed by atoms with Crippen LogP contribution in [0.3, 0.4) is 0 Å². The van der Waals surface area contributed by atoms with Crippen molar-refractivity contribution in [2.24, 2.45) is 5.92 Å². The molecule has 7 nitrogen and oxygen atoms in total. The third-order valence-electron chi connectivity index (χ3n) is 4.06. The van der Waals surface area contributed by atoms with E-state index in [1.165, 1.54) is 0 Å². The first-order chi connectivity index (χ1) is 11.5. The summed E-state index contributed by atoms with van der Waals surface area (Å²) in [5.41, 5.74) is 1.50. The molecule has 1 fully saturated rings. The van der Waals surface area contributed by atoms with E-state index >= 15 is 0 Å². The molecule has 0 radical (unpaired) electrons. The van der Waals surface area contributed by atoms with Gasteiger partial charge in [0.25, 0.3) is 5.91 Å². The molecule has 1 saturated heterocycles. The fraction of sp³-hybridized carbons (Fsp3) is 0.412. The average molecular weight is 328 g/mol. The van der Waals surface area contributed by atoms with Crippen molar-refractivity contribution < 1.29 is 14.1 Å². The number of amides is 2. The van der Waals surface area contributed by atoms with Gasteiger partial charge in [-0.05, 0) is 38.8 Å². The highest BCUT2D eigenvalue weighted by Gasteiger charge is 2.30. The summed E-state index contributed by atoms with van der Waals surface area (Å²) in [7, 11) is 0. The zero-order valence-electron chi connectivity index (χ0n) is 13.8. The number of hydrogen-bond acceptors (Lipinski definition) is 5. The first-order valence-electron chi connectivity index (χ1n) is 8.00. The first-order valence-corrected chi connectivity index (χ1v) is 8.00. The van der Waals surface area contributed by atoms with E-state index in [9.17, 15) is 9.59 Å². The van der Waals surface area contributed by atoms with Gasteiger partial charge in [-0.1, -0.05) is 11.2 Å². The Kier molecular flexibility index (Phi) is 4.59. The van der Waals surface area contributed by atoms with Crippen molar-refractivity contribution >= 4 is 17.6 Å². The Morgan fingerprint density at radius 1 is 1.29 bits per heavy atom. The van der Waals surface area contributed by atoms with E-state index in [0.717, 1.165) is 18.5 Å². The highest BCUT2D eigenvalue weighted by atomic mass is 16.5. The standard InChI is InChI=1S/C17H20N4O3/c1-11-5-3-7-15(18-11)19-16(22)13-6-4-8-21(10-13)17(23)14-9-12(2)20-24-14/h3,5,7,9,13H,4,6,8,10H2,1-2H3,(H,18,19,22)/t13-/m0/s1. The van der Waals surface area contributed by atoms with Gasteiger partial charge >= 0.3 is 0 Å². The molecule has 2 aromatic rings. The summed E-state index contributed by atoms with van der Waals surface area (Å²) in [6.07, 6.45) is 1.52. The van der Waals surface area contributed by atoms with Crippen molar-refractivity contribution in [2.45, 2.75) is 26.7 Å². The molecule has 0 unspecified atom stereocenters. The predicted molar refractivity (Wildman–Crippen MR) is 87.5 cm³/mol. The first kappa shape index (κ1) is 16.2. The third-order valence-corrected chi connectivity index (χ3v) is 4.06. The van der Waals surface area contributed by atoms with Crippen LogP contribution in [0.15, 0.2) is 28.8 Å². The van der Waals surface area contributed by atoms with Crippen LogP contribution < -0.4 is 5.32 Å². The molecule has 7 heteroatoms. The molecular formula is C17H20N4O3. The maximum Gasteiger partial charge on any atom is 0.292 e. The molecule has 1 aliphatic heterocycles. The molecule has 2 aromatic heterocycles. The highest BCUT2D eigenvalue weighted by molar-refractivity contribution is 5.94. The third kappa shape index (κ3) is 3.61. The van der Waals surface area contributed by atoms with Crippen molar-refractivity contribution in [2.75, 3.05) is 18.4 Å². The molecule has 3 rings (SSSR count). The van der Waals surface area contributed by atoms with Gasteiger partial charge in [0.1, 0.15) is 5.82 Å². The monoisotopic (exact) mass is 328 g/mol. The van der Waals surface area contributed by atoms with Gasteiger partial charge in [-0.3, -0.25) is 9.59 Å². The average Bonchev–Trinajstić information content (AvgIpc) is 3.01. The Labute approximate surface area is 140 Å². The largest absolute Gasteiger partial charge is 0.351 e. The summed E-state index contributed by atoms with van der Waals surface area (Å²) in [6, 6.07) is 7.09. The summed E-state index contributed by atoms with van der Waals surface area (Å²) < 4.78 is 5.03. The van der Waals surface area contributed by atoms with Gasteiger partial charge in [0.2, 0.25) is 11.7 Å². The molecule has 1 N–H and O–H groups in total. The van der Waals surface area contributed by atoms with Crippen molar-refractivity contribution in [1.29, 1.82) is 0 Å². The molecule has 3 heterocycles. The maximum absolute atomic E-state index is 12.5. The molecule has 0 aromatic carbocycles. The number of carbonyl (C=O) groups is 2. The van der Waals surface area contributed by atoms with E-state index in [1.807, 2.05) is 19.1 Å². The molecular weight excluding hydrogens is 308 g/mol. The topological polar surface area (TPSA) is 88.3 Å². The Hall–Kier alpha value is -2.70. The highest BCUT2D eigenvalue weighted by Crippen LogP contribution is 2.20. The SMILES string of the molecule is Cc1cc(C(=O)N2CCC[C@H](C(=O)Nc3cccc(C)n3)C2)on1. The lowest BCUT2D eigenvalue weighted by molar-refractivity contribution is -0.121. The summed E-state index contributed by atoms with van der Waals surface area (Å²) >= 11 is 0. The zero-order chi connectivity index (χ0) is 17.1. The fourth-order valence-electron chi connectivity index (χ4n) is 2.84. The number of rotatable bonds is 3. The molecule has 1 atom stereocenters.